The summed E-state index contributed by atoms with van der Waals surface area (Å²) < 4.78 is 0. The molecule has 0 aromatic heterocycles. The Bertz CT molecular complexity index is 843. The molecule has 0 radical (unpaired) electrons. The van der Waals surface area contributed by atoms with Crippen LogP contribution in [0, 0.1) is 40.4 Å². The van der Waals surface area contributed by atoms with E-state index in [4.69, 9.17) is 0 Å². The predicted molar refractivity (Wildman–Crippen MR) is 131 cm³/mol. The van der Waals surface area contributed by atoms with E-state index in [0.29, 0.717) is 29.7 Å². The molecule has 4 rings (SSSR count). The Labute approximate surface area is 200 Å². The predicted octanol–water partition coefficient (Wildman–Crippen LogP) is 5.21. The van der Waals surface area contributed by atoms with Crippen LogP contribution in [-0.4, -0.2) is 38.9 Å². The molecule has 3 N–H and O–H groups in total. The molecule has 4 aliphatic carbocycles. The first-order valence-electron chi connectivity index (χ1n) is 13.5. The van der Waals surface area contributed by atoms with Gasteiger partial charge in [-0.15, -0.1) is 0 Å². The minimum Gasteiger partial charge on any atom is -0.390 e. The topological polar surface area (TPSA) is 77.8 Å². The highest BCUT2D eigenvalue weighted by molar-refractivity contribution is 6.07. The molecule has 9 atom stereocenters. The van der Waals surface area contributed by atoms with Crippen molar-refractivity contribution in [2.45, 2.75) is 111 Å². The highest BCUT2D eigenvalue weighted by Crippen LogP contribution is 2.67. The molecule has 0 unspecified atom stereocenters. The Morgan fingerprint density at radius 3 is 2.42 bits per heavy atom. The van der Waals surface area contributed by atoms with Gasteiger partial charge in [-0.2, -0.15) is 0 Å². The zero-order chi connectivity index (χ0) is 24.3. The van der Waals surface area contributed by atoms with Crippen LogP contribution in [-0.2, 0) is 4.79 Å². The Kier molecular flexibility index (Phi) is 6.55. The van der Waals surface area contributed by atoms with Crippen molar-refractivity contribution in [1.82, 2.24) is 0 Å². The zero-order valence-electron chi connectivity index (χ0n) is 21.6. The summed E-state index contributed by atoms with van der Waals surface area (Å²) in [4.78, 5) is 13.2. The minimum atomic E-state index is -0.988. The summed E-state index contributed by atoms with van der Waals surface area (Å²) in [6, 6.07) is 0. The quantitative estimate of drug-likeness (QED) is 0.511. The average molecular weight is 459 g/mol. The summed E-state index contributed by atoms with van der Waals surface area (Å²) in [5, 5.41) is 32.9. The lowest BCUT2D eigenvalue weighted by Gasteiger charge is -2.58. The van der Waals surface area contributed by atoms with E-state index in [1.54, 1.807) is 12.2 Å². The van der Waals surface area contributed by atoms with Gasteiger partial charge in [0.15, 0.2) is 5.78 Å². The smallest absolute Gasteiger partial charge is 0.182 e. The van der Waals surface area contributed by atoms with E-state index < -0.39 is 23.2 Å². The lowest BCUT2D eigenvalue weighted by Crippen LogP contribution is -2.58. The summed E-state index contributed by atoms with van der Waals surface area (Å²) in [5.41, 5.74) is -0.163. The van der Waals surface area contributed by atoms with Gasteiger partial charge < -0.3 is 15.3 Å². The third kappa shape index (κ3) is 3.70. The second-order valence-electron chi connectivity index (χ2n) is 12.7. The molecule has 4 nitrogen and oxygen atoms in total. The summed E-state index contributed by atoms with van der Waals surface area (Å²) in [6.45, 7) is 13.7. The number of hydrogen-bond donors (Lipinski definition) is 3. The molecule has 0 aromatic carbocycles. The molecule has 2 saturated carbocycles. The van der Waals surface area contributed by atoms with E-state index in [9.17, 15) is 20.1 Å². The lowest BCUT2D eigenvalue weighted by atomic mass is 9.48. The highest BCUT2D eigenvalue weighted by Gasteiger charge is 2.65. The largest absolute Gasteiger partial charge is 0.390 e. The molecular formula is C29H46O4. The molecule has 186 valence electrons. The van der Waals surface area contributed by atoms with Crippen molar-refractivity contribution in [3.8, 4) is 0 Å². The van der Waals surface area contributed by atoms with Crippen LogP contribution < -0.4 is 0 Å². The van der Waals surface area contributed by atoms with Crippen molar-refractivity contribution in [2.24, 2.45) is 40.4 Å². The van der Waals surface area contributed by atoms with E-state index >= 15 is 0 Å². The van der Waals surface area contributed by atoms with Gasteiger partial charge in [0.05, 0.1) is 17.8 Å². The van der Waals surface area contributed by atoms with Gasteiger partial charge in [-0.1, -0.05) is 54.4 Å². The number of hydrogen-bond acceptors (Lipinski definition) is 4. The number of allylic oxidation sites excluding steroid dienone is 2. The van der Waals surface area contributed by atoms with Crippen molar-refractivity contribution in [3.05, 3.63) is 23.3 Å². The maximum atomic E-state index is 13.2. The third-order valence-corrected chi connectivity index (χ3v) is 10.8. The second-order valence-corrected chi connectivity index (χ2v) is 12.7. The van der Waals surface area contributed by atoms with Crippen molar-refractivity contribution in [1.29, 1.82) is 0 Å². The monoisotopic (exact) mass is 458 g/mol. The van der Waals surface area contributed by atoms with Crippen LogP contribution >= 0.6 is 0 Å². The Morgan fingerprint density at radius 1 is 1.09 bits per heavy atom. The van der Waals surface area contributed by atoms with Crippen molar-refractivity contribution < 1.29 is 20.1 Å². The molecule has 0 spiro atoms. The fraction of sp³-hybridized carbons (Fsp3) is 0.828. The molecule has 2 fully saturated rings. The molecule has 4 heteroatoms. The summed E-state index contributed by atoms with van der Waals surface area (Å²) in [5.74, 6) is 2.42. The minimum absolute atomic E-state index is 0.0427. The molecule has 0 aromatic rings. The van der Waals surface area contributed by atoms with Crippen LogP contribution in [0.1, 0.15) is 92.9 Å². The second kappa shape index (κ2) is 8.60. The molecular weight excluding hydrogens is 412 g/mol. The van der Waals surface area contributed by atoms with Gasteiger partial charge in [0.2, 0.25) is 0 Å². The van der Waals surface area contributed by atoms with Crippen molar-refractivity contribution >= 4 is 5.78 Å². The average Bonchev–Trinajstić information content (AvgIpc) is 3.02. The molecule has 0 amide bonds. The van der Waals surface area contributed by atoms with E-state index in [0.717, 1.165) is 37.2 Å². The summed E-state index contributed by atoms with van der Waals surface area (Å²) in [6.07, 6.45) is 9.05. The van der Waals surface area contributed by atoms with Crippen LogP contribution in [0.25, 0.3) is 0 Å². The fourth-order valence-electron chi connectivity index (χ4n) is 8.56. The van der Waals surface area contributed by atoms with Crippen molar-refractivity contribution in [2.75, 3.05) is 0 Å². The number of fused-ring (bicyclic) bond motifs is 5. The molecule has 0 aliphatic heterocycles. The molecule has 0 heterocycles. The molecule has 0 bridgehead atoms. The molecule has 4 aliphatic rings. The molecule has 0 saturated heterocycles. The summed E-state index contributed by atoms with van der Waals surface area (Å²) in [7, 11) is 0. The van der Waals surface area contributed by atoms with E-state index in [1.165, 1.54) is 19.3 Å². The van der Waals surface area contributed by atoms with Gasteiger partial charge in [0.1, 0.15) is 0 Å². The number of aliphatic hydroxyl groups excluding tert-OH is 2. The normalized spacial score (nSPS) is 44.5. The number of aliphatic hydroxyl groups is 3. The SMILES string of the molecule is CC[C@H](CC[C@@H](C)[C@H]1CC[C@@]2(O)C3=CC(=O)C4=C[C@@H](O)[C@@H](O)C[C@]4(C)[C@H]3CC[C@]12C)C(C)C. The first-order chi connectivity index (χ1) is 15.4. The van der Waals surface area contributed by atoms with Gasteiger partial charge in [0.25, 0.3) is 0 Å². The highest BCUT2D eigenvalue weighted by atomic mass is 16.3. The number of carbonyl (C=O) groups is 1. The third-order valence-electron chi connectivity index (χ3n) is 10.8. The zero-order valence-corrected chi connectivity index (χ0v) is 21.6. The Hall–Kier alpha value is -0.970. The maximum Gasteiger partial charge on any atom is 0.182 e. The fourth-order valence-corrected chi connectivity index (χ4v) is 8.56. The lowest BCUT2D eigenvalue weighted by molar-refractivity contribution is -0.121. The Morgan fingerprint density at radius 2 is 1.79 bits per heavy atom. The van der Waals surface area contributed by atoms with Gasteiger partial charge in [-0.25, -0.2) is 0 Å². The van der Waals surface area contributed by atoms with Crippen molar-refractivity contribution in [3.63, 3.8) is 0 Å². The Balaban J connectivity index is 1.62. The van der Waals surface area contributed by atoms with Gasteiger partial charge in [-0.3, -0.25) is 4.79 Å². The summed E-state index contributed by atoms with van der Waals surface area (Å²) >= 11 is 0. The van der Waals surface area contributed by atoms with Gasteiger partial charge in [0, 0.05) is 16.4 Å². The first-order valence-corrected chi connectivity index (χ1v) is 13.5. The number of rotatable bonds is 6. The maximum absolute atomic E-state index is 13.2. The van der Waals surface area contributed by atoms with Crippen LogP contribution in [0.3, 0.4) is 0 Å². The van der Waals surface area contributed by atoms with Crippen LogP contribution in [0.4, 0.5) is 0 Å². The van der Waals surface area contributed by atoms with E-state index in [1.807, 2.05) is 0 Å². The first kappa shape index (κ1) is 25.1. The van der Waals surface area contributed by atoms with E-state index in [-0.39, 0.29) is 17.1 Å². The van der Waals surface area contributed by atoms with Gasteiger partial charge in [-0.05, 0) is 85.8 Å². The van der Waals surface area contributed by atoms with E-state index in [2.05, 4.69) is 41.5 Å². The number of carbonyl (C=O) groups excluding carboxylic acids is 1. The molecule has 33 heavy (non-hydrogen) atoms. The van der Waals surface area contributed by atoms with Crippen LogP contribution in [0.15, 0.2) is 23.3 Å². The standard InChI is InChI=1S/C29H46O4/c1-7-19(17(2)3)9-8-18(4)20-11-13-29(33)22-14-24(30)23-15-25(31)26(32)16-27(23,5)21(22)10-12-28(20,29)6/h14-15,17-21,25-26,31-33H,7-13,16H2,1-6H3/t18-,19-,20-,21+,25-,26+,27-,28-,29-/m1/s1. The van der Waals surface area contributed by atoms with Crippen LogP contribution in [0.2, 0.25) is 0 Å². The van der Waals surface area contributed by atoms with Gasteiger partial charge >= 0.3 is 0 Å². The number of ketones is 1. The van der Waals surface area contributed by atoms with Crippen LogP contribution in [0.5, 0.6) is 0 Å².